The third-order valence-corrected chi connectivity index (χ3v) is 14.4. The first kappa shape index (κ1) is 35.7. The zero-order valence-corrected chi connectivity index (χ0v) is 35.3. The van der Waals surface area contributed by atoms with Crippen molar-refractivity contribution in [2.45, 2.75) is 78.6 Å². The van der Waals surface area contributed by atoms with Gasteiger partial charge in [-0.15, -0.1) is 0 Å². The van der Waals surface area contributed by atoms with E-state index >= 15 is 0 Å². The SMILES string of the molecule is Cc1ccnc(N2c3[c-]c(Oc4[c-]c(-n5[c](=[Pt])n(-c6ccccc6)c6ccccc65)ccc4)ccc3C(C)(C)c3ccc4c(c32)C(C)(C)C(C)(C)C4(C)C)c1. The van der Waals surface area contributed by atoms with E-state index in [-0.39, 0.29) is 21.7 Å². The molecule has 1 aliphatic carbocycles. The first-order chi connectivity index (χ1) is 26.1. The van der Waals surface area contributed by atoms with Gasteiger partial charge >= 0.3 is 237 Å². The summed E-state index contributed by atoms with van der Waals surface area (Å²) >= 11 is 2.42. The Morgan fingerprint density at radius 3 is 2.02 bits per heavy atom. The van der Waals surface area contributed by atoms with Crippen molar-refractivity contribution in [1.29, 1.82) is 0 Å². The second kappa shape index (κ2) is 12.3. The number of fused-ring (bicyclic) bond motifs is 5. The minimum atomic E-state index is -0.297. The molecule has 5 nitrogen and oxygen atoms in total. The fraction of sp³-hybridized carbons (Fsp3) is 0.265. The average molecular weight is 902 g/mol. The van der Waals surface area contributed by atoms with Crippen LogP contribution in [0.25, 0.3) is 22.4 Å². The van der Waals surface area contributed by atoms with Gasteiger partial charge in [-0.3, -0.25) is 0 Å². The van der Waals surface area contributed by atoms with Gasteiger partial charge < -0.3 is 0 Å². The minimum Gasteiger partial charge on any atom is -0.0582 e. The summed E-state index contributed by atoms with van der Waals surface area (Å²) in [4.78, 5) is 7.39. The number of nitrogens with zero attached hydrogens (tertiary/aromatic N) is 4. The third-order valence-electron chi connectivity index (χ3n) is 13.4. The fourth-order valence-electron chi connectivity index (χ4n) is 9.15. The third kappa shape index (κ3) is 5.08. The maximum atomic E-state index is 6.73. The van der Waals surface area contributed by atoms with Crippen LogP contribution in [-0.4, -0.2) is 14.1 Å². The van der Waals surface area contributed by atoms with Gasteiger partial charge in [0, 0.05) is 6.20 Å². The number of ether oxygens (including phenoxy) is 1. The van der Waals surface area contributed by atoms with E-state index in [4.69, 9.17) is 9.72 Å². The molecule has 0 bridgehead atoms. The Bertz CT molecular complexity index is 2730. The molecule has 2 aliphatic rings. The molecule has 0 atom stereocenters. The van der Waals surface area contributed by atoms with Crippen LogP contribution in [0.2, 0.25) is 0 Å². The van der Waals surface area contributed by atoms with Gasteiger partial charge in [0.2, 0.25) is 0 Å². The number of rotatable bonds is 5. The fourth-order valence-corrected chi connectivity index (χ4v) is 10.3. The summed E-state index contributed by atoms with van der Waals surface area (Å²) in [6.07, 6.45) is 1.92. The van der Waals surface area contributed by atoms with Crippen molar-refractivity contribution in [2.75, 3.05) is 4.90 Å². The van der Waals surface area contributed by atoms with Crippen LogP contribution < -0.4 is 9.64 Å². The average Bonchev–Trinajstić information content (AvgIpc) is 3.51. The van der Waals surface area contributed by atoms with E-state index in [0.717, 1.165) is 43.3 Å². The summed E-state index contributed by atoms with van der Waals surface area (Å²) in [5.41, 5.74) is 12.4. The van der Waals surface area contributed by atoms with E-state index in [0.29, 0.717) is 11.5 Å². The van der Waals surface area contributed by atoms with E-state index in [9.17, 15) is 0 Å². The van der Waals surface area contributed by atoms with Crippen LogP contribution >= 0.6 is 0 Å². The first-order valence-electron chi connectivity index (χ1n) is 19.1. The molecule has 5 aromatic carbocycles. The number of benzene rings is 5. The topological polar surface area (TPSA) is 35.2 Å². The predicted molar refractivity (Wildman–Crippen MR) is 219 cm³/mol. The minimum absolute atomic E-state index is 0.00757. The molecule has 2 aromatic heterocycles. The predicted octanol–water partition coefficient (Wildman–Crippen LogP) is 12.3. The molecular weight excluding hydrogens is 856 g/mol. The molecular formula is C49H46N4OPt-2. The molecule has 9 rings (SSSR count). The molecule has 6 heteroatoms. The number of aromatic nitrogens is 3. The second-order valence-corrected chi connectivity index (χ2v) is 18.3. The van der Waals surface area contributed by atoms with Crippen LogP contribution in [0.5, 0.6) is 11.5 Å². The molecule has 0 amide bonds. The van der Waals surface area contributed by atoms with Crippen molar-refractivity contribution in [2.24, 2.45) is 5.41 Å². The Labute approximate surface area is 335 Å². The Balaban J connectivity index is 1.19. The van der Waals surface area contributed by atoms with Crippen LogP contribution in [0.15, 0.2) is 115 Å². The van der Waals surface area contributed by atoms with Crippen LogP contribution in [0, 0.1) is 28.3 Å². The Hall–Kier alpha value is -4.99. The Morgan fingerprint density at radius 1 is 0.636 bits per heavy atom. The normalized spacial score (nSPS) is 17.1. The van der Waals surface area contributed by atoms with Gasteiger partial charge in [-0.25, -0.2) is 0 Å². The number of anilines is 3. The van der Waals surface area contributed by atoms with Crippen molar-refractivity contribution in [3.8, 4) is 22.9 Å². The summed E-state index contributed by atoms with van der Waals surface area (Å²) < 4.78 is 12.3. The van der Waals surface area contributed by atoms with Gasteiger partial charge in [-0.05, 0) is 40.4 Å². The van der Waals surface area contributed by atoms with E-state index in [2.05, 4.69) is 199 Å². The van der Waals surface area contributed by atoms with Crippen LogP contribution in [0.4, 0.5) is 17.2 Å². The summed E-state index contributed by atoms with van der Waals surface area (Å²) in [5, 5.41) is 0. The van der Waals surface area contributed by atoms with Gasteiger partial charge in [-0.2, -0.15) is 0 Å². The Morgan fingerprint density at radius 2 is 1.29 bits per heavy atom. The monoisotopic (exact) mass is 901 g/mol. The van der Waals surface area contributed by atoms with Gasteiger partial charge in [0.1, 0.15) is 0 Å². The number of imidazole rings is 1. The quantitative estimate of drug-likeness (QED) is 0.161. The molecule has 7 aromatic rings. The molecule has 0 saturated carbocycles. The van der Waals surface area contributed by atoms with Crippen molar-refractivity contribution in [3.05, 3.63) is 159 Å². The second-order valence-electron chi connectivity index (χ2n) is 17.2. The van der Waals surface area contributed by atoms with Crippen LogP contribution in [-0.2, 0) is 35.6 Å². The number of para-hydroxylation sites is 3. The van der Waals surface area contributed by atoms with E-state index < -0.39 is 0 Å². The molecule has 0 saturated heterocycles. The van der Waals surface area contributed by atoms with Crippen molar-refractivity contribution >= 4 is 28.2 Å². The van der Waals surface area contributed by atoms with Crippen molar-refractivity contribution in [1.82, 2.24) is 14.1 Å². The summed E-state index contributed by atoms with van der Waals surface area (Å²) in [6, 6.07) is 45.8. The van der Waals surface area contributed by atoms with Gasteiger partial charge in [0.25, 0.3) is 0 Å². The van der Waals surface area contributed by atoms with Crippen molar-refractivity contribution < 1.29 is 24.1 Å². The molecule has 55 heavy (non-hydrogen) atoms. The number of hydrogen-bond acceptors (Lipinski definition) is 3. The number of aryl methyl sites for hydroxylation is 1. The number of hydrogen-bond donors (Lipinski definition) is 0. The molecule has 1 aliphatic heterocycles. The molecule has 3 heterocycles. The zero-order valence-electron chi connectivity index (χ0n) is 33.0. The molecule has 0 N–H and O–H groups in total. The smallest absolute Gasteiger partial charge is 0.0582 e. The Kier molecular flexibility index (Phi) is 7.95. The molecule has 280 valence electrons. The molecule has 0 radical (unpaired) electrons. The van der Waals surface area contributed by atoms with E-state index in [1.54, 1.807) is 0 Å². The molecule has 0 unspecified atom stereocenters. The first-order valence-corrected chi connectivity index (χ1v) is 20.2. The van der Waals surface area contributed by atoms with E-state index in [1.807, 2.05) is 24.4 Å². The number of pyridine rings is 1. The van der Waals surface area contributed by atoms with Crippen LogP contribution in [0.1, 0.15) is 83.2 Å². The standard InChI is InChI=1S/C49H46N4O.Pt/c1-32-26-27-50-43(28-32)53-42-30-36(22-23-37(42)46(2,3)39-25-24-38-44(45(39)53)48(6,7)49(8,9)47(38,4)5)54-35-19-15-18-34(29-35)52-31-51(33-16-11-10-12-17-33)40-20-13-14-21-41(40)52;/h10-28H,1-9H3;/q-2;. The summed E-state index contributed by atoms with van der Waals surface area (Å²) in [7, 11) is 0. The maximum absolute atomic E-state index is 6.73. The van der Waals surface area contributed by atoms with Gasteiger partial charge in [-0.1, -0.05) is 53.7 Å². The molecule has 0 spiro atoms. The van der Waals surface area contributed by atoms with Gasteiger partial charge in [0.05, 0.1) is 0 Å². The summed E-state index contributed by atoms with van der Waals surface area (Å²) in [6.45, 7) is 21.3. The van der Waals surface area contributed by atoms with Gasteiger partial charge in [0.15, 0.2) is 0 Å². The zero-order chi connectivity index (χ0) is 38.7. The van der Waals surface area contributed by atoms with E-state index in [1.165, 1.54) is 27.9 Å². The van der Waals surface area contributed by atoms with Crippen LogP contribution in [0.3, 0.4) is 0 Å². The van der Waals surface area contributed by atoms with Crippen molar-refractivity contribution in [3.63, 3.8) is 0 Å². The summed E-state index contributed by atoms with van der Waals surface area (Å²) in [5.74, 6) is 2.13. The molecule has 0 fully saturated rings.